The number of rotatable bonds is 8. The monoisotopic (exact) mass is 396 g/mol. The lowest BCUT2D eigenvalue weighted by Crippen LogP contribution is -2.48. The van der Waals surface area contributed by atoms with E-state index in [1.807, 2.05) is 29.2 Å². The number of benzene rings is 2. The number of hydrogen-bond donors (Lipinski definition) is 0. The zero-order valence-corrected chi connectivity index (χ0v) is 17.8. The van der Waals surface area contributed by atoms with Gasteiger partial charge in [0, 0.05) is 26.1 Å². The molecule has 1 amide bonds. The van der Waals surface area contributed by atoms with Gasteiger partial charge in [-0.3, -0.25) is 9.69 Å². The molecule has 156 valence electrons. The summed E-state index contributed by atoms with van der Waals surface area (Å²) in [7, 11) is 5.49. The fourth-order valence-corrected chi connectivity index (χ4v) is 3.86. The molecule has 0 N–H and O–H groups in total. The van der Waals surface area contributed by atoms with Gasteiger partial charge in [0.05, 0.1) is 20.3 Å². The number of ether oxygens (including phenoxy) is 2. The first-order valence-corrected chi connectivity index (χ1v) is 10.4. The normalized spacial score (nSPS) is 17.2. The predicted molar refractivity (Wildman–Crippen MR) is 115 cm³/mol. The zero-order chi connectivity index (χ0) is 20.6. The minimum Gasteiger partial charge on any atom is -0.497 e. The minimum atomic E-state index is 0.210. The molecule has 0 spiro atoms. The third-order valence-electron chi connectivity index (χ3n) is 5.74. The van der Waals surface area contributed by atoms with E-state index in [2.05, 4.69) is 36.2 Å². The Balaban J connectivity index is 1.48. The molecule has 2 aromatic carbocycles. The Morgan fingerprint density at radius 2 is 1.76 bits per heavy atom. The Hall–Kier alpha value is -2.53. The first kappa shape index (κ1) is 21.2. The van der Waals surface area contributed by atoms with Crippen LogP contribution in [0.5, 0.6) is 11.5 Å². The lowest BCUT2D eigenvalue weighted by Gasteiger charge is -2.40. The molecular formula is C24H32N2O3. The highest BCUT2D eigenvalue weighted by Gasteiger charge is 2.28. The van der Waals surface area contributed by atoms with Gasteiger partial charge in [0.15, 0.2) is 0 Å². The molecule has 1 unspecified atom stereocenters. The van der Waals surface area contributed by atoms with Crippen molar-refractivity contribution in [1.82, 2.24) is 9.80 Å². The third-order valence-corrected chi connectivity index (χ3v) is 5.74. The molecule has 0 saturated carbocycles. The molecule has 0 aliphatic carbocycles. The van der Waals surface area contributed by atoms with Gasteiger partial charge in [-0.15, -0.1) is 0 Å². The molecule has 5 nitrogen and oxygen atoms in total. The van der Waals surface area contributed by atoms with E-state index < -0.39 is 0 Å². The Morgan fingerprint density at radius 3 is 2.48 bits per heavy atom. The molecule has 2 aromatic rings. The van der Waals surface area contributed by atoms with Crippen molar-refractivity contribution in [2.24, 2.45) is 0 Å². The van der Waals surface area contributed by atoms with Gasteiger partial charge >= 0.3 is 0 Å². The molecular weight excluding hydrogens is 364 g/mol. The third kappa shape index (κ3) is 5.73. The summed E-state index contributed by atoms with van der Waals surface area (Å²) < 4.78 is 10.6. The SMILES string of the molecule is COc1ccc(CCCCC(=O)N2CCN(C)C(c3cccc(OC)c3)C2)cc1. The summed E-state index contributed by atoms with van der Waals surface area (Å²) in [6.45, 7) is 2.43. The summed E-state index contributed by atoms with van der Waals surface area (Å²) in [6.07, 6.45) is 3.54. The molecule has 0 bridgehead atoms. The van der Waals surface area contributed by atoms with E-state index >= 15 is 0 Å². The van der Waals surface area contributed by atoms with Crippen LogP contribution in [0.2, 0.25) is 0 Å². The summed E-state index contributed by atoms with van der Waals surface area (Å²) in [4.78, 5) is 17.1. The number of amides is 1. The zero-order valence-electron chi connectivity index (χ0n) is 17.8. The Kier molecular flexibility index (Phi) is 7.53. The van der Waals surface area contributed by atoms with Crippen molar-refractivity contribution in [3.05, 3.63) is 59.7 Å². The molecule has 1 atom stereocenters. The number of carbonyl (C=O) groups is 1. The van der Waals surface area contributed by atoms with E-state index in [1.54, 1.807) is 14.2 Å². The van der Waals surface area contributed by atoms with Crippen LogP contribution in [0.3, 0.4) is 0 Å². The van der Waals surface area contributed by atoms with Crippen LogP contribution in [0.1, 0.15) is 36.4 Å². The minimum absolute atomic E-state index is 0.210. The fourth-order valence-electron chi connectivity index (χ4n) is 3.86. The summed E-state index contributed by atoms with van der Waals surface area (Å²) in [5.74, 6) is 2.00. The van der Waals surface area contributed by atoms with Crippen molar-refractivity contribution >= 4 is 5.91 Å². The number of likely N-dealkylation sites (N-methyl/N-ethyl adjacent to an activating group) is 1. The fraction of sp³-hybridized carbons (Fsp3) is 0.458. The van der Waals surface area contributed by atoms with Gasteiger partial charge in [-0.1, -0.05) is 24.3 Å². The number of hydrogen-bond acceptors (Lipinski definition) is 4. The molecule has 5 heteroatoms. The molecule has 1 fully saturated rings. The smallest absolute Gasteiger partial charge is 0.222 e. The van der Waals surface area contributed by atoms with Crippen molar-refractivity contribution in [1.29, 1.82) is 0 Å². The van der Waals surface area contributed by atoms with Crippen LogP contribution in [0.4, 0.5) is 0 Å². The molecule has 3 rings (SSSR count). The summed E-state index contributed by atoms with van der Waals surface area (Å²) in [6, 6.07) is 16.5. The van der Waals surface area contributed by atoms with Crippen molar-refractivity contribution in [3.8, 4) is 11.5 Å². The van der Waals surface area contributed by atoms with Crippen molar-refractivity contribution < 1.29 is 14.3 Å². The van der Waals surface area contributed by atoms with Crippen LogP contribution in [0.25, 0.3) is 0 Å². The van der Waals surface area contributed by atoms with E-state index in [9.17, 15) is 4.79 Å². The summed E-state index contributed by atoms with van der Waals surface area (Å²) in [5, 5.41) is 0. The second-order valence-electron chi connectivity index (χ2n) is 7.67. The van der Waals surface area contributed by atoms with E-state index in [4.69, 9.17) is 9.47 Å². The number of aryl methyl sites for hydroxylation is 1. The molecule has 29 heavy (non-hydrogen) atoms. The van der Waals surface area contributed by atoms with Crippen LogP contribution < -0.4 is 9.47 Å². The quantitative estimate of drug-likeness (QED) is 0.634. The topological polar surface area (TPSA) is 42.0 Å². The average molecular weight is 397 g/mol. The van der Waals surface area contributed by atoms with Gasteiger partial charge in [0.2, 0.25) is 5.91 Å². The van der Waals surface area contributed by atoms with Gasteiger partial charge in [-0.25, -0.2) is 0 Å². The highest BCUT2D eigenvalue weighted by atomic mass is 16.5. The van der Waals surface area contributed by atoms with E-state index in [0.29, 0.717) is 6.42 Å². The lowest BCUT2D eigenvalue weighted by molar-refractivity contribution is -0.134. The molecule has 0 radical (unpaired) electrons. The molecule has 1 saturated heterocycles. The first-order valence-electron chi connectivity index (χ1n) is 10.4. The lowest BCUT2D eigenvalue weighted by atomic mass is 10.0. The maximum absolute atomic E-state index is 12.8. The molecule has 1 aliphatic heterocycles. The van der Waals surface area contributed by atoms with E-state index in [0.717, 1.165) is 50.4 Å². The van der Waals surface area contributed by atoms with Crippen LogP contribution in [0.15, 0.2) is 48.5 Å². The van der Waals surface area contributed by atoms with Gasteiger partial charge in [-0.2, -0.15) is 0 Å². The molecule has 0 aromatic heterocycles. The Bertz CT molecular complexity index is 791. The number of carbonyl (C=O) groups excluding carboxylic acids is 1. The van der Waals surface area contributed by atoms with Crippen LogP contribution in [-0.2, 0) is 11.2 Å². The standard InChI is InChI=1S/C24H32N2O3/c1-25-15-16-26(18-23(25)20-8-6-9-22(17-20)29-3)24(27)10-5-4-7-19-11-13-21(28-2)14-12-19/h6,8-9,11-14,17,23H,4-5,7,10,15-16,18H2,1-3H3. The second kappa shape index (κ2) is 10.3. The van der Waals surface area contributed by atoms with Crippen molar-refractivity contribution in [3.63, 3.8) is 0 Å². The van der Waals surface area contributed by atoms with Crippen LogP contribution in [0, 0.1) is 0 Å². The number of nitrogens with zero attached hydrogens (tertiary/aromatic N) is 2. The highest BCUT2D eigenvalue weighted by Crippen LogP contribution is 2.27. The first-order chi connectivity index (χ1) is 14.1. The maximum atomic E-state index is 12.8. The number of methoxy groups -OCH3 is 2. The molecule has 1 aliphatic rings. The van der Waals surface area contributed by atoms with Gasteiger partial charge in [0.25, 0.3) is 0 Å². The van der Waals surface area contributed by atoms with Crippen LogP contribution in [-0.4, -0.2) is 56.6 Å². The second-order valence-corrected chi connectivity index (χ2v) is 7.67. The largest absolute Gasteiger partial charge is 0.497 e. The van der Waals surface area contributed by atoms with E-state index in [1.165, 1.54) is 11.1 Å². The Morgan fingerprint density at radius 1 is 1.00 bits per heavy atom. The van der Waals surface area contributed by atoms with Crippen LogP contribution >= 0.6 is 0 Å². The van der Waals surface area contributed by atoms with Crippen molar-refractivity contribution in [2.45, 2.75) is 31.7 Å². The average Bonchev–Trinajstić information content (AvgIpc) is 2.77. The van der Waals surface area contributed by atoms with Gasteiger partial charge in [-0.05, 0) is 61.7 Å². The number of unbranched alkanes of at least 4 members (excludes halogenated alkanes) is 1. The van der Waals surface area contributed by atoms with E-state index in [-0.39, 0.29) is 11.9 Å². The molecule has 1 heterocycles. The van der Waals surface area contributed by atoms with Crippen molar-refractivity contribution in [2.75, 3.05) is 40.9 Å². The summed E-state index contributed by atoms with van der Waals surface area (Å²) in [5.41, 5.74) is 2.49. The Labute approximate surface area is 174 Å². The van der Waals surface area contributed by atoms with Gasteiger partial charge < -0.3 is 14.4 Å². The summed E-state index contributed by atoms with van der Waals surface area (Å²) >= 11 is 0. The predicted octanol–water partition coefficient (Wildman–Crippen LogP) is 3.93. The van der Waals surface area contributed by atoms with Gasteiger partial charge in [0.1, 0.15) is 11.5 Å². The maximum Gasteiger partial charge on any atom is 0.222 e. The highest BCUT2D eigenvalue weighted by molar-refractivity contribution is 5.76. The number of piperazine rings is 1.